The van der Waals surface area contributed by atoms with Gasteiger partial charge in [-0.05, 0) is 60.4 Å². The Bertz CT molecular complexity index is 1280. The van der Waals surface area contributed by atoms with Crippen molar-refractivity contribution >= 4 is 17.5 Å². The standard InChI is InChI=1S/C30H34N4O6/c1-39-27-15-13-25(14-16-27)32-18-17-31(29(35)24-9-7-23(8-10-24)21-40-34(37)38)20-28(32)30(36)33(26-11-12-26)19-22-5-3-2-4-6-22/h2-10,13-16,26,28,37-38H,11-12,17-21H2,1H3/t28-/m1/s1. The lowest BCUT2D eigenvalue weighted by Crippen LogP contribution is -2.61. The third-order valence-electron chi connectivity index (χ3n) is 7.37. The summed E-state index contributed by atoms with van der Waals surface area (Å²) in [6.45, 7) is 1.71. The molecule has 40 heavy (non-hydrogen) atoms. The van der Waals surface area contributed by atoms with Gasteiger partial charge in [0.15, 0.2) is 0 Å². The number of carbonyl (C=O) groups excluding carboxylic acids is 2. The third-order valence-corrected chi connectivity index (χ3v) is 7.37. The van der Waals surface area contributed by atoms with E-state index >= 15 is 0 Å². The van der Waals surface area contributed by atoms with Crippen molar-refractivity contribution in [1.82, 2.24) is 15.2 Å². The van der Waals surface area contributed by atoms with Crippen LogP contribution in [0.15, 0.2) is 78.9 Å². The van der Waals surface area contributed by atoms with Gasteiger partial charge in [-0.25, -0.2) is 4.84 Å². The van der Waals surface area contributed by atoms with Crippen molar-refractivity contribution < 1.29 is 29.6 Å². The predicted octanol–water partition coefficient (Wildman–Crippen LogP) is 3.73. The molecule has 0 spiro atoms. The Hall–Kier alpha value is -3.96. The van der Waals surface area contributed by atoms with Crippen molar-refractivity contribution in [3.8, 4) is 5.75 Å². The molecular formula is C30H34N4O6. The van der Waals surface area contributed by atoms with E-state index in [2.05, 4.69) is 9.74 Å². The van der Waals surface area contributed by atoms with Gasteiger partial charge in [-0.1, -0.05) is 42.5 Å². The number of hydrogen-bond acceptors (Lipinski definition) is 8. The van der Waals surface area contributed by atoms with E-state index in [4.69, 9.17) is 15.2 Å². The molecule has 10 heteroatoms. The first kappa shape index (κ1) is 27.6. The molecule has 3 aromatic carbocycles. The highest BCUT2D eigenvalue weighted by molar-refractivity contribution is 5.95. The van der Waals surface area contributed by atoms with Gasteiger partial charge in [0, 0.05) is 36.9 Å². The van der Waals surface area contributed by atoms with Crippen molar-refractivity contribution in [3.63, 3.8) is 0 Å². The molecule has 3 aromatic rings. The van der Waals surface area contributed by atoms with Crippen LogP contribution in [-0.2, 0) is 22.8 Å². The lowest BCUT2D eigenvalue weighted by molar-refractivity contribution is -0.497. The molecule has 1 saturated carbocycles. The van der Waals surface area contributed by atoms with Crippen molar-refractivity contribution in [1.29, 1.82) is 0 Å². The van der Waals surface area contributed by atoms with E-state index in [0.29, 0.717) is 30.8 Å². The van der Waals surface area contributed by atoms with Gasteiger partial charge in [0.05, 0.1) is 25.7 Å². The quantitative estimate of drug-likeness (QED) is 0.371. The zero-order valence-electron chi connectivity index (χ0n) is 22.4. The fourth-order valence-electron chi connectivity index (χ4n) is 5.06. The summed E-state index contributed by atoms with van der Waals surface area (Å²) in [6.07, 6.45) is 1.97. The van der Waals surface area contributed by atoms with Crippen LogP contribution >= 0.6 is 0 Å². The highest BCUT2D eigenvalue weighted by Crippen LogP contribution is 2.32. The fourth-order valence-corrected chi connectivity index (χ4v) is 5.06. The van der Waals surface area contributed by atoms with Crippen LogP contribution in [0.2, 0.25) is 0 Å². The van der Waals surface area contributed by atoms with Crippen molar-refractivity contribution in [2.45, 2.75) is 38.1 Å². The van der Waals surface area contributed by atoms with Crippen LogP contribution in [0.1, 0.15) is 34.3 Å². The molecule has 2 N–H and O–H groups in total. The minimum Gasteiger partial charge on any atom is -0.497 e. The normalized spacial score (nSPS) is 17.1. The number of amides is 2. The van der Waals surface area contributed by atoms with Crippen LogP contribution in [0.25, 0.3) is 0 Å². The van der Waals surface area contributed by atoms with Gasteiger partial charge in [0.25, 0.3) is 5.91 Å². The van der Waals surface area contributed by atoms with Gasteiger partial charge in [0.2, 0.25) is 5.91 Å². The number of nitrogens with zero attached hydrogens (tertiary/aromatic N) is 4. The molecule has 1 atom stereocenters. The summed E-state index contributed by atoms with van der Waals surface area (Å²) in [4.78, 5) is 38.2. The van der Waals surface area contributed by atoms with Crippen LogP contribution in [0.3, 0.4) is 0 Å². The number of benzene rings is 3. The number of rotatable bonds is 10. The van der Waals surface area contributed by atoms with Crippen molar-refractivity contribution in [3.05, 3.63) is 95.6 Å². The summed E-state index contributed by atoms with van der Waals surface area (Å²) in [5, 5.41) is 17.2. The first-order valence-corrected chi connectivity index (χ1v) is 13.4. The first-order chi connectivity index (χ1) is 19.4. The number of ether oxygens (including phenoxy) is 1. The second-order valence-corrected chi connectivity index (χ2v) is 10.1. The fraction of sp³-hybridized carbons (Fsp3) is 0.333. The highest BCUT2D eigenvalue weighted by atomic mass is 17.1. The zero-order chi connectivity index (χ0) is 28.1. The summed E-state index contributed by atoms with van der Waals surface area (Å²) in [6, 6.07) is 24.1. The van der Waals surface area contributed by atoms with E-state index in [9.17, 15) is 9.59 Å². The van der Waals surface area contributed by atoms with E-state index < -0.39 is 6.04 Å². The SMILES string of the molecule is COc1ccc(N2CCN(C(=O)c3ccc(CON(O)O)cc3)C[C@@H]2C(=O)N(Cc2ccccc2)C2CC2)cc1. The number of carbonyl (C=O) groups is 2. The molecule has 1 saturated heterocycles. The average Bonchev–Trinajstić information content (AvgIpc) is 3.84. The minimum atomic E-state index is -0.539. The second kappa shape index (κ2) is 12.5. The molecule has 2 aliphatic rings. The van der Waals surface area contributed by atoms with E-state index in [-0.39, 0.29) is 36.4 Å². The zero-order valence-corrected chi connectivity index (χ0v) is 22.4. The van der Waals surface area contributed by atoms with Crippen LogP contribution in [0.5, 0.6) is 5.75 Å². The monoisotopic (exact) mass is 546 g/mol. The van der Waals surface area contributed by atoms with E-state index in [1.54, 1.807) is 36.3 Å². The molecule has 1 heterocycles. The van der Waals surface area contributed by atoms with Gasteiger partial charge < -0.3 is 19.4 Å². The maximum absolute atomic E-state index is 14.2. The van der Waals surface area contributed by atoms with Crippen LogP contribution in [-0.4, -0.2) is 76.2 Å². The summed E-state index contributed by atoms with van der Waals surface area (Å²) in [7, 11) is 1.62. The van der Waals surface area contributed by atoms with E-state index in [1.165, 1.54) is 0 Å². The van der Waals surface area contributed by atoms with Crippen LogP contribution in [0.4, 0.5) is 5.69 Å². The van der Waals surface area contributed by atoms with Crippen LogP contribution < -0.4 is 9.64 Å². The Morgan fingerprint density at radius 3 is 2.23 bits per heavy atom. The molecule has 210 valence electrons. The number of hydrogen-bond donors (Lipinski definition) is 2. The third kappa shape index (κ3) is 6.60. The molecule has 2 amide bonds. The summed E-state index contributed by atoms with van der Waals surface area (Å²) < 4.78 is 5.33. The molecule has 0 aromatic heterocycles. The molecule has 0 bridgehead atoms. The number of anilines is 1. The molecule has 1 aliphatic heterocycles. The molecule has 0 radical (unpaired) electrons. The molecule has 5 rings (SSSR count). The maximum atomic E-state index is 14.2. The number of methoxy groups -OCH3 is 1. The highest BCUT2D eigenvalue weighted by Gasteiger charge is 2.41. The molecule has 1 aliphatic carbocycles. The average molecular weight is 547 g/mol. The van der Waals surface area contributed by atoms with Gasteiger partial charge in [-0.3, -0.25) is 20.0 Å². The lowest BCUT2D eigenvalue weighted by Gasteiger charge is -2.43. The molecular weight excluding hydrogens is 512 g/mol. The minimum absolute atomic E-state index is 0.0183. The van der Waals surface area contributed by atoms with Gasteiger partial charge >= 0.3 is 0 Å². The Morgan fingerprint density at radius 2 is 1.60 bits per heavy atom. The number of piperazine rings is 1. The van der Waals surface area contributed by atoms with Gasteiger partial charge in [-0.2, -0.15) is 0 Å². The van der Waals surface area contributed by atoms with Crippen molar-refractivity contribution in [2.75, 3.05) is 31.6 Å². The summed E-state index contributed by atoms with van der Waals surface area (Å²) in [5.41, 5.74) is 3.15. The largest absolute Gasteiger partial charge is 0.497 e. The Labute approximate surface area is 233 Å². The van der Waals surface area contributed by atoms with Crippen LogP contribution in [0, 0.1) is 0 Å². The Balaban J connectivity index is 1.37. The first-order valence-electron chi connectivity index (χ1n) is 13.4. The van der Waals surface area contributed by atoms with E-state index in [1.807, 2.05) is 59.5 Å². The van der Waals surface area contributed by atoms with Gasteiger partial charge in [0.1, 0.15) is 11.8 Å². The summed E-state index contributed by atoms with van der Waals surface area (Å²) in [5.74, 6) is 0.597. The topological polar surface area (TPSA) is 106 Å². The molecule has 10 nitrogen and oxygen atoms in total. The summed E-state index contributed by atoms with van der Waals surface area (Å²) >= 11 is 0. The second-order valence-electron chi connectivity index (χ2n) is 10.1. The molecule has 2 fully saturated rings. The smallest absolute Gasteiger partial charge is 0.253 e. The van der Waals surface area contributed by atoms with Gasteiger partial charge in [-0.15, -0.1) is 0 Å². The van der Waals surface area contributed by atoms with Crippen molar-refractivity contribution in [2.24, 2.45) is 0 Å². The maximum Gasteiger partial charge on any atom is 0.253 e. The predicted molar refractivity (Wildman–Crippen MR) is 147 cm³/mol. The van der Waals surface area contributed by atoms with E-state index in [0.717, 1.165) is 29.8 Å². The lowest BCUT2D eigenvalue weighted by atomic mass is 10.1. The molecule has 0 unspecified atom stereocenters. The Morgan fingerprint density at radius 1 is 0.900 bits per heavy atom. The Kier molecular flexibility index (Phi) is 8.61.